The van der Waals surface area contributed by atoms with Gasteiger partial charge in [0, 0.05) is 19.3 Å². The number of hydrogen-bond acceptors (Lipinski definition) is 4. The zero-order valence-electron chi connectivity index (χ0n) is 15.3. The van der Waals surface area contributed by atoms with Gasteiger partial charge in [-0.05, 0) is 38.0 Å². The van der Waals surface area contributed by atoms with Crippen LogP contribution in [0.2, 0.25) is 0 Å². The highest BCUT2D eigenvalue weighted by Crippen LogP contribution is 2.36. The van der Waals surface area contributed by atoms with E-state index < -0.39 is 17.4 Å². The van der Waals surface area contributed by atoms with Crippen LogP contribution < -0.4 is 15.0 Å². The van der Waals surface area contributed by atoms with Crippen molar-refractivity contribution in [2.75, 3.05) is 11.4 Å². The van der Waals surface area contributed by atoms with Gasteiger partial charge in [-0.15, -0.1) is 0 Å². The van der Waals surface area contributed by atoms with Gasteiger partial charge in [0.05, 0.1) is 0 Å². The Labute approximate surface area is 153 Å². The molecule has 26 heavy (non-hydrogen) atoms. The second-order valence-electron chi connectivity index (χ2n) is 6.59. The molecule has 0 bridgehead atoms. The van der Waals surface area contributed by atoms with Crippen LogP contribution in [0, 0.1) is 6.92 Å². The van der Waals surface area contributed by atoms with Gasteiger partial charge < -0.3 is 10.1 Å². The number of carbonyl (C=O) groups is 2. The van der Waals surface area contributed by atoms with Crippen LogP contribution in [0.3, 0.4) is 0 Å². The van der Waals surface area contributed by atoms with Gasteiger partial charge >= 0.3 is 0 Å². The molecule has 0 radical (unpaired) electrons. The minimum absolute atomic E-state index is 0.332. The molecule has 0 spiro atoms. The van der Waals surface area contributed by atoms with E-state index in [0.717, 1.165) is 17.5 Å². The third kappa shape index (κ3) is 3.27. The molecule has 6 heteroatoms. The highest BCUT2D eigenvalue weighted by Gasteiger charge is 2.50. The summed E-state index contributed by atoms with van der Waals surface area (Å²) >= 11 is 0. The zero-order valence-corrected chi connectivity index (χ0v) is 15.3. The highest BCUT2D eigenvalue weighted by atomic mass is 16.5. The number of carbonyl (C=O) groups excluding carboxylic acids is 2. The number of nitrogens with zero attached hydrogens (tertiary/aromatic N) is 2. The van der Waals surface area contributed by atoms with Crippen molar-refractivity contribution in [3.05, 3.63) is 53.7 Å². The number of anilines is 1. The van der Waals surface area contributed by atoms with Crippen LogP contribution in [0.15, 0.2) is 42.6 Å². The van der Waals surface area contributed by atoms with Crippen molar-refractivity contribution in [1.82, 2.24) is 10.3 Å². The third-order valence-electron chi connectivity index (χ3n) is 4.43. The molecule has 6 nitrogen and oxygen atoms in total. The molecule has 2 aromatic rings. The van der Waals surface area contributed by atoms with E-state index in [1.807, 2.05) is 38.1 Å². The number of aromatic nitrogens is 1. The first kappa shape index (κ1) is 17.9. The van der Waals surface area contributed by atoms with Crippen LogP contribution in [0.25, 0.3) is 0 Å². The number of hydrogen-bond donors (Lipinski definition) is 1. The Bertz CT molecular complexity index is 819. The minimum atomic E-state index is -1.62. The number of ether oxygens (including phenoxy) is 1. The van der Waals surface area contributed by atoms with Crippen LogP contribution in [0.5, 0.6) is 5.75 Å². The first-order valence-electron chi connectivity index (χ1n) is 8.75. The number of benzene rings is 1. The molecule has 0 aliphatic carbocycles. The molecule has 2 heterocycles. The number of aryl methyl sites for hydroxylation is 1. The van der Waals surface area contributed by atoms with Crippen LogP contribution in [-0.4, -0.2) is 28.9 Å². The maximum atomic E-state index is 13.0. The van der Waals surface area contributed by atoms with Gasteiger partial charge in [-0.1, -0.05) is 36.8 Å². The van der Waals surface area contributed by atoms with Crippen molar-refractivity contribution in [2.45, 2.75) is 39.3 Å². The first-order valence-corrected chi connectivity index (χ1v) is 8.75. The number of nitrogens with one attached hydrogen (secondary N) is 1. The van der Waals surface area contributed by atoms with Gasteiger partial charge in [0.15, 0.2) is 11.6 Å². The van der Waals surface area contributed by atoms with Gasteiger partial charge in [0.1, 0.15) is 0 Å². The first-order chi connectivity index (χ1) is 12.5. The molecule has 0 saturated carbocycles. The molecular formula is C20H23N3O3. The SMILES string of the molecule is CCCN1C(=O)C(C)(C(=O)NCc2ccc(C)cc2)Oc2cccnc21. The number of pyridine rings is 1. The summed E-state index contributed by atoms with van der Waals surface area (Å²) in [5.74, 6) is 0.0438. The lowest BCUT2D eigenvalue weighted by molar-refractivity contribution is -0.148. The van der Waals surface area contributed by atoms with E-state index in [2.05, 4.69) is 10.3 Å². The molecule has 0 fully saturated rings. The predicted molar refractivity (Wildman–Crippen MR) is 98.9 cm³/mol. The molecule has 3 rings (SSSR count). The number of amides is 2. The van der Waals surface area contributed by atoms with Gasteiger partial charge in [0.2, 0.25) is 0 Å². The van der Waals surface area contributed by atoms with Crippen LogP contribution in [-0.2, 0) is 16.1 Å². The summed E-state index contributed by atoms with van der Waals surface area (Å²) in [4.78, 5) is 31.6. The average Bonchev–Trinajstić information content (AvgIpc) is 2.64. The third-order valence-corrected chi connectivity index (χ3v) is 4.43. The molecule has 1 unspecified atom stereocenters. The average molecular weight is 353 g/mol. The van der Waals surface area contributed by atoms with E-state index in [9.17, 15) is 9.59 Å². The number of rotatable bonds is 5. The Hall–Kier alpha value is -2.89. The summed E-state index contributed by atoms with van der Waals surface area (Å²) in [6, 6.07) is 11.3. The smallest absolute Gasteiger partial charge is 0.282 e. The fourth-order valence-corrected chi connectivity index (χ4v) is 2.91. The molecular weight excluding hydrogens is 330 g/mol. The van der Waals surface area contributed by atoms with Crippen molar-refractivity contribution in [3.8, 4) is 5.75 Å². The Morgan fingerprint density at radius 3 is 2.69 bits per heavy atom. The summed E-state index contributed by atoms with van der Waals surface area (Å²) in [6.45, 7) is 6.30. The normalized spacial score (nSPS) is 18.9. The van der Waals surface area contributed by atoms with Crippen molar-refractivity contribution >= 4 is 17.6 Å². The standard InChI is InChI=1S/C20H23N3O3/c1-4-12-23-17-16(6-5-11-21-17)26-20(3,19(23)25)18(24)22-13-15-9-7-14(2)8-10-15/h5-11H,4,12-13H2,1-3H3,(H,22,24). The van der Waals surface area contributed by atoms with E-state index in [1.54, 1.807) is 18.3 Å². The van der Waals surface area contributed by atoms with Crippen LogP contribution in [0.1, 0.15) is 31.4 Å². The molecule has 1 aliphatic rings. The molecule has 136 valence electrons. The van der Waals surface area contributed by atoms with E-state index >= 15 is 0 Å². The topological polar surface area (TPSA) is 71.5 Å². The van der Waals surface area contributed by atoms with E-state index in [-0.39, 0.29) is 0 Å². The fourth-order valence-electron chi connectivity index (χ4n) is 2.91. The summed E-state index contributed by atoms with van der Waals surface area (Å²) < 4.78 is 5.81. The maximum Gasteiger partial charge on any atom is 0.282 e. The predicted octanol–water partition coefficient (Wildman–Crippen LogP) is 2.60. The molecule has 2 amide bonds. The maximum absolute atomic E-state index is 13.0. The molecule has 1 N–H and O–H groups in total. The monoisotopic (exact) mass is 353 g/mol. The van der Waals surface area contributed by atoms with Gasteiger partial charge in [0.25, 0.3) is 17.4 Å². The summed E-state index contributed by atoms with van der Waals surface area (Å²) in [5, 5.41) is 2.82. The molecule has 1 atom stereocenters. The molecule has 1 aromatic heterocycles. The molecule has 1 aromatic carbocycles. The second-order valence-corrected chi connectivity index (χ2v) is 6.59. The minimum Gasteiger partial charge on any atom is -0.464 e. The van der Waals surface area contributed by atoms with E-state index in [0.29, 0.717) is 24.7 Å². The van der Waals surface area contributed by atoms with Crippen LogP contribution in [0.4, 0.5) is 5.82 Å². The van der Waals surface area contributed by atoms with Crippen LogP contribution >= 0.6 is 0 Å². The largest absolute Gasteiger partial charge is 0.464 e. The lowest BCUT2D eigenvalue weighted by atomic mass is 10.0. The Kier molecular flexibility index (Phi) is 4.93. The Morgan fingerprint density at radius 1 is 1.27 bits per heavy atom. The molecule has 1 aliphatic heterocycles. The Balaban J connectivity index is 1.82. The summed E-state index contributed by atoms with van der Waals surface area (Å²) in [6.07, 6.45) is 2.36. The van der Waals surface area contributed by atoms with Gasteiger partial charge in [-0.3, -0.25) is 14.5 Å². The van der Waals surface area contributed by atoms with Crippen molar-refractivity contribution in [1.29, 1.82) is 0 Å². The highest BCUT2D eigenvalue weighted by molar-refractivity contribution is 6.16. The number of fused-ring (bicyclic) bond motifs is 1. The second kappa shape index (κ2) is 7.15. The van der Waals surface area contributed by atoms with Crippen molar-refractivity contribution < 1.29 is 14.3 Å². The van der Waals surface area contributed by atoms with Gasteiger partial charge in [-0.2, -0.15) is 0 Å². The summed E-state index contributed by atoms with van der Waals surface area (Å²) in [7, 11) is 0. The Morgan fingerprint density at radius 2 is 2.00 bits per heavy atom. The zero-order chi connectivity index (χ0) is 18.7. The molecule has 0 saturated heterocycles. The van der Waals surface area contributed by atoms with Crippen molar-refractivity contribution in [3.63, 3.8) is 0 Å². The lowest BCUT2D eigenvalue weighted by Crippen LogP contribution is -2.62. The van der Waals surface area contributed by atoms with Crippen molar-refractivity contribution in [2.24, 2.45) is 0 Å². The van der Waals surface area contributed by atoms with E-state index in [4.69, 9.17) is 4.74 Å². The van der Waals surface area contributed by atoms with Gasteiger partial charge in [-0.25, -0.2) is 4.98 Å². The summed E-state index contributed by atoms with van der Waals surface area (Å²) in [5.41, 5.74) is 0.496. The van der Waals surface area contributed by atoms with E-state index in [1.165, 1.54) is 11.8 Å². The quantitative estimate of drug-likeness (QED) is 0.839. The fraction of sp³-hybridized carbons (Fsp3) is 0.350. The lowest BCUT2D eigenvalue weighted by Gasteiger charge is -2.38.